The van der Waals surface area contributed by atoms with E-state index in [2.05, 4.69) is 30.2 Å². The first kappa shape index (κ1) is 68.9. The molecule has 0 aromatic rings. The van der Waals surface area contributed by atoms with Crippen molar-refractivity contribution in [2.75, 3.05) is 26.4 Å². The van der Waals surface area contributed by atoms with Crippen molar-refractivity contribution in [3.05, 3.63) is 12.2 Å². The Morgan fingerprint density at radius 2 is 0.875 bits per heavy atom. The highest BCUT2D eigenvalue weighted by Crippen LogP contribution is 2.26. The maximum absolute atomic E-state index is 13.0. The maximum Gasteiger partial charge on any atom is 0.397 e. The summed E-state index contributed by atoms with van der Waals surface area (Å²) >= 11 is 0. The standard InChI is InChI=1S/C59H114O12S/c1-3-5-7-9-11-13-15-17-19-21-23-24-25-26-27-28-29-31-33-35-37-39-41-43-45-47-49-67-51-53(52-68-59-57(63)58(71-72(64,65)66)56(62)54(50-60)70-59)69-55(61)48-46-44-42-40-38-36-34-32-30-22-20-18-16-14-12-10-8-6-4-2/h21,23,53-54,56-60,62-63H,3-20,22,24-52H2,1-2H3,(H,64,65,66)/b23-21-. The van der Waals surface area contributed by atoms with E-state index in [1.807, 2.05) is 0 Å². The third-order valence-electron chi connectivity index (χ3n) is 14.4. The van der Waals surface area contributed by atoms with E-state index in [0.29, 0.717) is 13.0 Å². The Labute approximate surface area is 442 Å². The molecule has 0 spiro atoms. The molecule has 1 rings (SSSR count). The lowest BCUT2D eigenvalue weighted by Gasteiger charge is -2.41. The summed E-state index contributed by atoms with van der Waals surface area (Å²) in [5, 5.41) is 30.9. The highest BCUT2D eigenvalue weighted by Gasteiger charge is 2.48. The zero-order valence-corrected chi connectivity index (χ0v) is 47.3. The van der Waals surface area contributed by atoms with Gasteiger partial charge in [-0.3, -0.25) is 9.35 Å². The molecule has 4 N–H and O–H groups in total. The van der Waals surface area contributed by atoms with Crippen molar-refractivity contribution in [1.29, 1.82) is 0 Å². The summed E-state index contributed by atoms with van der Waals surface area (Å²) in [5.41, 5.74) is 0. The molecular weight excluding hydrogens is 933 g/mol. The Hall–Kier alpha value is -1.16. The number of hydrogen-bond donors (Lipinski definition) is 4. The first-order valence-electron chi connectivity index (χ1n) is 30.4. The molecule has 1 aliphatic rings. The minimum atomic E-state index is -5.06. The second-order valence-corrected chi connectivity index (χ2v) is 22.4. The van der Waals surface area contributed by atoms with Crippen molar-refractivity contribution in [1.82, 2.24) is 0 Å². The van der Waals surface area contributed by atoms with Crippen LogP contribution in [0.2, 0.25) is 0 Å². The number of carbonyl (C=O) groups is 1. The van der Waals surface area contributed by atoms with Gasteiger partial charge in [-0.05, 0) is 38.5 Å². The second-order valence-electron chi connectivity index (χ2n) is 21.3. The topological polar surface area (TPSA) is 178 Å². The zero-order chi connectivity index (χ0) is 52.4. The molecule has 12 nitrogen and oxygen atoms in total. The summed E-state index contributed by atoms with van der Waals surface area (Å²) < 4.78 is 59.5. The summed E-state index contributed by atoms with van der Waals surface area (Å²) in [6.45, 7) is 4.07. The monoisotopic (exact) mass is 1050 g/mol. The van der Waals surface area contributed by atoms with Crippen LogP contribution in [-0.4, -0.2) is 97.5 Å². The van der Waals surface area contributed by atoms with Crippen LogP contribution in [0.3, 0.4) is 0 Å². The van der Waals surface area contributed by atoms with E-state index in [9.17, 15) is 33.1 Å². The minimum Gasteiger partial charge on any atom is -0.457 e. The molecule has 1 aliphatic heterocycles. The van der Waals surface area contributed by atoms with Crippen molar-refractivity contribution in [2.45, 2.75) is 333 Å². The van der Waals surface area contributed by atoms with Crippen LogP contribution in [0, 0.1) is 0 Å². The fourth-order valence-electron chi connectivity index (χ4n) is 9.79. The van der Waals surface area contributed by atoms with Gasteiger partial charge in [0.2, 0.25) is 0 Å². The van der Waals surface area contributed by atoms with Gasteiger partial charge < -0.3 is 34.3 Å². The third kappa shape index (κ3) is 43.0. The Morgan fingerprint density at radius 1 is 0.514 bits per heavy atom. The van der Waals surface area contributed by atoms with E-state index in [1.54, 1.807) is 0 Å². The van der Waals surface area contributed by atoms with Crippen LogP contribution < -0.4 is 0 Å². The summed E-state index contributed by atoms with van der Waals surface area (Å²) in [4.78, 5) is 13.0. The average Bonchev–Trinajstić information content (AvgIpc) is 3.36. The van der Waals surface area contributed by atoms with Crippen molar-refractivity contribution in [3.63, 3.8) is 0 Å². The SMILES string of the molecule is CCCCCCCCCC/C=C\CCCCCCCCCCCCCCCCOCC(COC1OC(CO)C(O)C(OS(=O)(=O)O)C1O)OC(=O)CCCCCCCCCCCCCCCCCCCCC. The summed E-state index contributed by atoms with van der Waals surface area (Å²) in [6, 6.07) is 0. The van der Waals surface area contributed by atoms with Gasteiger partial charge in [-0.2, -0.15) is 8.42 Å². The fraction of sp³-hybridized carbons (Fsp3) is 0.949. The van der Waals surface area contributed by atoms with E-state index in [-0.39, 0.29) is 19.6 Å². The first-order valence-corrected chi connectivity index (χ1v) is 31.8. The van der Waals surface area contributed by atoms with Gasteiger partial charge in [-0.1, -0.05) is 264 Å². The lowest BCUT2D eigenvalue weighted by atomic mass is 9.99. The number of carbonyl (C=O) groups excluding carboxylic acids is 1. The van der Waals surface area contributed by atoms with Crippen LogP contribution in [-0.2, 0) is 38.3 Å². The highest BCUT2D eigenvalue weighted by molar-refractivity contribution is 7.80. The molecule has 72 heavy (non-hydrogen) atoms. The summed E-state index contributed by atoms with van der Waals surface area (Å²) in [6.07, 6.45) is 51.2. The summed E-state index contributed by atoms with van der Waals surface area (Å²) in [7, 11) is -5.06. The van der Waals surface area contributed by atoms with Crippen LogP contribution in [0.25, 0.3) is 0 Å². The van der Waals surface area contributed by atoms with E-state index in [1.165, 1.54) is 231 Å². The Bertz CT molecular complexity index is 1300. The second kappa shape index (κ2) is 50.6. The van der Waals surface area contributed by atoms with E-state index in [0.717, 1.165) is 38.5 Å². The van der Waals surface area contributed by atoms with Gasteiger partial charge in [0, 0.05) is 13.0 Å². The third-order valence-corrected chi connectivity index (χ3v) is 14.9. The zero-order valence-electron chi connectivity index (χ0n) is 46.5. The van der Waals surface area contributed by atoms with Gasteiger partial charge in [-0.15, -0.1) is 0 Å². The van der Waals surface area contributed by atoms with Gasteiger partial charge in [0.25, 0.3) is 0 Å². The highest BCUT2D eigenvalue weighted by atomic mass is 32.3. The maximum atomic E-state index is 13.0. The molecule has 6 unspecified atom stereocenters. The molecule has 0 radical (unpaired) electrons. The minimum absolute atomic E-state index is 0.0432. The predicted octanol–water partition coefficient (Wildman–Crippen LogP) is 15.3. The lowest BCUT2D eigenvalue weighted by Crippen LogP contribution is -2.60. The summed E-state index contributed by atoms with van der Waals surface area (Å²) in [5.74, 6) is -0.390. The number of esters is 1. The van der Waals surface area contributed by atoms with Crippen molar-refractivity contribution < 1.29 is 56.2 Å². The van der Waals surface area contributed by atoms with Crippen LogP contribution in [0.1, 0.15) is 296 Å². The first-order chi connectivity index (χ1) is 35.1. The lowest BCUT2D eigenvalue weighted by molar-refractivity contribution is -0.301. The Kier molecular flexibility index (Phi) is 48.4. The largest absolute Gasteiger partial charge is 0.457 e. The van der Waals surface area contributed by atoms with Crippen LogP contribution in [0.15, 0.2) is 12.2 Å². The van der Waals surface area contributed by atoms with E-state index >= 15 is 0 Å². The molecule has 0 aromatic carbocycles. The van der Waals surface area contributed by atoms with Crippen molar-refractivity contribution >= 4 is 16.4 Å². The fourth-order valence-corrected chi connectivity index (χ4v) is 10.3. The normalized spacial score (nSPS) is 18.9. The molecule has 1 heterocycles. The van der Waals surface area contributed by atoms with Gasteiger partial charge in [-0.25, -0.2) is 4.18 Å². The predicted molar refractivity (Wildman–Crippen MR) is 294 cm³/mol. The Balaban J connectivity index is 2.24. The number of rotatable bonds is 55. The van der Waals surface area contributed by atoms with Gasteiger partial charge in [0.05, 0.1) is 19.8 Å². The molecule has 6 atom stereocenters. The van der Waals surface area contributed by atoms with Crippen molar-refractivity contribution in [2.24, 2.45) is 0 Å². The molecule has 428 valence electrons. The van der Waals surface area contributed by atoms with E-state index in [4.69, 9.17) is 18.9 Å². The number of allylic oxidation sites excluding steroid dienone is 2. The molecule has 1 fully saturated rings. The quantitative estimate of drug-likeness (QED) is 0.0196. The smallest absolute Gasteiger partial charge is 0.397 e. The molecular formula is C59H114O12S. The van der Waals surface area contributed by atoms with E-state index < -0.39 is 59.8 Å². The molecule has 13 heteroatoms. The number of aliphatic hydroxyl groups excluding tert-OH is 3. The van der Waals surface area contributed by atoms with Crippen molar-refractivity contribution in [3.8, 4) is 0 Å². The van der Waals surface area contributed by atoms with Gasteiger partial charge in [0.15, 0.2) is 6.29 Å². The average molecular weight is 1050 g/mol. The molecule has 0 amide bonds. The van der Waals surface area contributed by atoms with Crippen LogP contribution >= 0.6 is 0 Å². The van der Waals surface area contributed by atoms with Crippen LogP contribution in [0.4, 0.5) is 0 Å². The molecule has 0 aliphatic carbocycles. The van der Waals surface area contributed by atoms with Gasteiger partial charge in [0.1, 0.15) is 30.5 Å². The number of hydrogen-bond acceptors (Lipinski definition) is 11. The van der Waals surface area contributed by atoms with Crippen LogP contribution in [0.5, 0.6) is 0 Å². The number of aliphatic hydroxyl groups is 3. The molecule has 0 aromatic heterocycles. The number of unbranched alkanes of at least 4 members (excludes halogenated alkanes) is 40. The molecule has 0 saturated carbocycles. The molecule has 1 saturated heterocycles. The molecule has 0 bridgehead atoms. The van der Waals surface area contributed by atoms with Gasteiger partial charge >= 0.3 is 16.4 Å². The Morgan fingerprint density at radius 3 is 1.25 bits per heavy atom. The number of ether oxygens (including phenoxy) is 4.